The molecule has 0 fully saturated rings. The van der Waals surface area contributed by atoms with E-state index in [0.29, 0.717) is 23.9 Å². The number of carbonyl (C=O) groups is 1. The second-order valence-corrected chi connectivity index (χ2v) is 8.28. The molecule has 0 unspecified atom stereocenters. The average Bonchev–Trinajstić information content (AvgIpc) is 3.16. The summed E-state index contributed by atoms with van der Waals surface area (Å²) in [6.45, 7) is 6.11. The summed E-state index contributed by atoms with van der Waals surface area (Å²) in [4.78, 5) is 17.4. The molecular formula is C25H24N6O2. The van der Waals surface area contributed by atoms with E-state index >= 15 is 0 Å². The lowest BCUT2D eigenvalue weighted by molar-refractivity contribution is -0.116. The van der Waals surface area contributed by atoms with Crippen LogP contribution < -0.4 is 10.1 Å². The third-order valence-corrected chi connectivity index (χ3v) is 6.14. The highest BCUT2D eigenvalue weighted by atomic mass is 16.5. The van der Waals surface area contributed by atoms with Crippen LogP contribution in [0.1, 0.15) is 40.3 Å². The molecule has 1 amide bonds. The molecule has 5 rings (SSSR count). The highest BCUT2D eigenvalue weighted by Crippen LogP contribution is 2.40. The molecule has 1 N–H and O–H groups in total. The maximum Gasteiger partial charge on any atom is 0.272 e. The van der Waals surface area contributed by atoms with Crippen LogP contribution in [0.25, 0.3) is 17.2 Å². The summed E-state index contributed by atoms with van der Waals surface area (Å²) in [6, 6.07) is 13.9. The molecule has 1 aliphatic heterocycles. The normalized spacial score (nSPS) is 15.2. The van der Waals surface area contributed by atoms with Gasteiger partial charge < -0.3 is 10.1 Å². The fourth-order valence-electron chi connectivity index (χ4n) is 4.26. The summed E-state index contributed by atoms with van der Waals surface area (Å²) in [6.07, 6.45) is 1.96. The number of nitrogens with zero attached hydrogens (tertiary/aromatic N) is 5. The molecule has 0 bridgehead atoms. The zero-order valence-electron chi connectivity index (χ0n) is 19.0. The number of hydrogen-bond acceptors (Lipinski definition) is 6. The number of rotatable bonds is 4. The zero-order chi connectivity index (χ0) is 23.1. The van der Waals surface area contributed by atoms with Gasteiger partial charge in [0.05, 0.1) is 24.7 Å². The molecule has 0 spiro atoms. The average molecular weight is 441 g/mol. The van der Waals surface area contributed by atoms with Crippen molar-refractivity contribution < 1.29 is 9.53 Å². The molecule has 3 heterocycles. The van der Waals surface area contributed by atoms with Gasteiger partial charge in [-0.15, -0.1) is 5.10 Å². The minimum Gasteiger partial charge on any atom is -0.497 e. The molecule has 33 heavy (non-hydrogen) atoms. The first-order valence-corrected chi connectivity index (χ1v) is 10.8. The van der Waals surface area contributed by atoms with Crippen LogP contribution in [0.2, 0.25) is 0 Å². The zero-order valence-corrected chi connectivity index (χ0v) is 19.0. The Morgan fingerprint density at radius 2 is 1.94 bits per heavy atom. The first-order valence-electron chi connectivity index (χ1n) is 10.8. The Hall–Kier alpha value is -4.07. The lowest BCUT2D eigenvalue weighted by atomic mass is 9.84. The highest BCUT2D eigenvalue weighted by Gasteiger charge is 2.33. The van der Waals surface area contributed by atoms with Crippen molar-refractivity contribution in [3.8, 4) is 23.0 Å². The number of benzene rings is 2. The first-order chi connectivity index (χ1) is 15.9. The Balaban J connectivity index is 1.60. The Morgan fingerprint density at radius 1 is 1.09 bits per heavy atom. The molecular weight excluding hydrogens is 416 g/mol. The fourth-order valence-corrected chi connectivity index (χ4v) is 4.26. The van der Waals surface area contributed by atoms with Crippen molar-refractivity contribution in [1.82, 2.24) is 25.0 Å². The Kier molecular flexibility index (Phi) is 5.12. The number of amides is 1. The van der Waals surface area contributed by atoms with Gasteiger partial charge in [-0.3, -0.25) is 4.79 Å². The molecule has 2 aromatic carbocycles. The van der Waals surface area contributed by atoms with E-state index in [2.05, 4.69) is 52.5 Å². The van der Waals surface area contributed by atoms with Crippen LogP contribution in [-0.4, -0.2) is 38.0 Å². The van der Waals surface area contributed by atoms with Crippen LogP contribution in [0.4, 0.5) is 5.82 Å². The SMILES string of the molecule is COc1cccc(-c2cnnc(-n3nc(C)c4c3NC(=O)C[C@@H]4c3ccc(C)c(C)c3)n2)c1. The predicted molar refractivity (Wildman–Crippen MR) is 125 cm³/mol. The van der Waals surface area contributed by atoms with Crippen LogP contribution in [-0.2, 0) is 4.79 Å². The van der Waals surface area contributed by atoms with Crippen molar-refractivity contribution in [2.75, 3.05) is 12.4 Å². The number of fused-ring (bicyclic) bond motifs is 1. The van der Waals surface area contributed by atoms with E-state index in [9.17, 15) is 4.79 Å². The number of carbonyl (C=O) groups excluding carboxylic acids is 1. The molecule has 8 heteroatoms. The van der Waals surface area contributed by atoms with E-state index in [-0.39, 0.29) is 11.8 Å². The second-order valence-electron chi connectivity index (χ2n) is 8.28. The number of methoxy groups -OCH3 is 1. The molecule has 8 nitrogen and oxygen atoms in total. The molecule has 0 aliphatic carbocycles. The van der Waals surface area contributed by atoms with E-state index in [1.807, 2.05) is 31.2 Å². The van der Waals surface area contributed by atoms with E-state index in [4.69, 9.17) is 9.84 Å². The van der Waals surface area contributed by atoms with Gasteiger partial charge in [0.25, 0.3) is 5.95 Å². The van der Waals surface area contributed by atoms with Gasteiger partial charge in [0.15, 0.2) is 0 Å². The molecule has 1 aliphatic rings. The molecule has 2 aromatic heterocycles. The smallest absolute Gasteiger partial charge is 0.272 e. The van der Waals surface area contributed by atoms with Crippen LogP contribution in [0.3, 0.4) is 0 Å². The van der Waals surface area contributed by atoms with Crippen LogP contribution in [0, 0.1) is 20.8 Å². The summed E-state index contributed by atoms with van der Waals surface area (Å²) in [5.74, 6) is 1.46. The van der Waals surface area contributed by atoms with Crippen molar-refractivity contribution in [2.45, 2.75) is 33.1 Å². The van der Waals surface area contributed by atoms with Gasteiger partial charge in [-0.2, -0.15) is 14.9 Å². The van der Waals surface area contributed by atoms with E-state index in [0.717, 1.165) is 28.1 Å². The molecule has 0 saturated carbocycles. The Labute approximate surface area is 191 Å². The third kappa shape index (κ3) is 3.73. The number of nitrogens with one attached hydrogen (secondary N) is 1. The number of aryl methyl sites for hydroxylation is 3. The fraction of sp³-hybridized carbons (Fsp3) is 0.240. The van der Waals surface area contributed by atoms with Gasteiger partial charge >= 0.3 is 0 Å². The second kappa shape index (κ2) is 8.12. The summed E-state index contributed by atoms with van der Waals surface area (Å²) < 4.78 is 6.90. The largest absolute Gasteiger partial charge is 0.497 e. The number of hydrogen-bond donors (Lipinski definition) is 1. The van der Waals surface area contributed by atoms with Crippen molar-refractivity contribution in [3.63, 3.8) is 0 Å². The Bertz CT molecular complexity index is 1380. The highest BCUT2D eigenvalue weighted by molar-refractivity contribution is 5.95. The molecule has 4 aromatic rings. The number of anilines is 1. The van der Waals surface area contributed by atoms with Crippen molar-refractivity contribution >= 4 is 11.7 Å². The van der Waals surface area contributed by atoms with Gasteiger partial charge in [-0.1, -0.05) is 30.3 Å². The van der Waals surface area contributed by atoms with Gasteiger partial charge in [0.1, 0.15) is 11.6 Å². The lowest BCUT2D eigenvalue weighted by Gasteiger charge is -2.24. The lowest BCUT2D eigenvalue weighted by Crippen LogP contribution is -2.25. The molecule has 166 valence electrons. The summed E-state index contributed by atoms with van der Waals surface area (Å²) >= 11 is 0. The first kappa shape index (κ1) is 20.8. The summed E-state index contributed by atoms with van der Waals surface area (Å²) in [5.41, 5.74) is 6.80. The van der Waals surface area contributed by atoms with Crippen molar-refractivity contribution in [3.05, 3.63) is 76.6 Å². The monoisotopic (exact) mass is 440 g/mol. The van der Waals surface area contributed by atoms with Crippen LogP contribution in [0.5, 0.6) is 5.75 Å². The number of ether oxygens (including phenoxy) is 1. The van der Waals surface area contributed by atoms with Crippen LogP contribution in [0.15, 0.2) is 48.7 Å². The van der Waals surface area contributed by atoms with E-state index in [1.54, 1.807) is 18.0 Å². The van der Waals surface area contributed by atoms with Gasteiger partial charge in [-0.05, 0) is 49.6 Å². The summed E-state index contributed by atoms with van der Waals surface area (Å²) in [7, 11) is 1.62. The van der Waals surface area contributed by atoms with Gasteiger partial charge in [-0.25, -0.2) is 4.98 Å². The minimum atomic E-state index is -0.0867. The van der Waals surface area contributed by atoms with E-state index in [1.165, 1.54) is 11.1 Å². The topological polar surface area (TPSA) is 94.8 Å². The van der Waals surface area contributed by atoms with E-state index < -0.39 is 0 Å². The van der Waals surface area contributed by atoms with Gasteiger partial charge in [0, 0.05) is 23.5 Å². The summed E-state index contributed by atoms with van der Waals surface area (Å²) in [5, 5.41) is 16.0. The van der Waals surface area contributed by atoms with Gasteiger partial charge in [0.2, 0.25) is 5.91 Å². The third-order valence-electron chi connectivity index (χ3n) is 6.14. The van der Waals surface area contributed by atoms with Crippen molar-refractivity contribution in [1.29, 1.82) is 0 Å². The maximum absolute atomic E-state index is 12.7. The number of aromatic nitrogens is 5. The Morgan fingerprint density at radius 3 is 2.73 bits per heavy atom. The van der Waals surface area contributed by atoms with Crippen LogP contribution >= 0.6 is 0 Å². The quantitative estimate of drug-likeness (QED) is 0.513. The van der Waals surface area contributed by atoms with Crippen molar-refractivity contribution in [2.24, 2.45) is 0 Å². The maximum atomic E-state index is 12.7. The standard InChI is InChI=1S/C25H24N6O2/c1-14-8-9-17(10-15(14)2)20-12-22(32)28-24-23(20)16(3)30-31(24)25-27-21(13-26-29-25)18-6-5-7-19(11-18)33-4/h5-11,13,20H,12H2,1-4H3,(H,28,32)/t20-/m1/s1. The molecule has 0 radical (unpaired) electrons. The molecule has 1 atom stereocenters. The molecule has 0 saturated heterocycles. The minimum absolute atomic E-state index is 0.0659. The predicted octanol–water partition coefficient (Wildman–Crippen LogP) is 4.13.